The minimum absolute atomic E-state index is 0.765. The summed E-state index contributed by atoms with van der Waals surface area (Å²) < 4.78 is 0. The summed E-state index contributed by atoms with van der Waals surface area (Å²) in [6.45, 7) is 2.71. The van der Waals surface area contributed by atoms with Gasteiger partial charge >= 0.3 is 0 Å². The molecule has 2 rings (SSSR count). The van der Waals surface area contributed by atoms with Crippen LogP contribution in [0, 0.1) is 6.92 Å². The maximum Gasteiger partial charge on any atom is 0.103 e. The molecule has 0 bridgehead atoms. The van der Waals surface area contributed by atoms with Gasteiger partial charge in [0.1, 0.15) is 5.82 Å². The average Bonchev–Trinajstić information content (AvgIpc) is 2.64. The molecule has 1 heterocycles. The molecule has 0 spiro atoms. The maximum atomic E-state index is 6.12. The van der Waals surface area contributed by atoms with Crippen molar-refractivity contribution in [2.75, 3.05) is 11.9 Å². The van der Waals surface area contributed by atoms with E-state index < -0.39 is 0 Å². The number of rotatable bonds is 3. The number of anilines is 1. The highest BCUT2D eigenvalue weighted by Crippen LogP contribution is 2.24. The van der Waals surface area contributed by atoms with Crippen molar-refractivity contribution in [3.05, 3.63) is 47.0 Å². The molecule has 4 heteroatoms. The summed E-state index contributed by atoms with van der Waals surface area (Å²) in [7, 11) is 2.01. The molecule has 0 atom stereocenters. The van der Waals surface area contributed by atoms with E-state index in [1.54, 1.807) is 0 Å². The molecule has 0 aliphatic heterocycles. The van der Waals surface area contributed by atoms with E-state index in [0.717, 1.165) is 28.8 Å². The molecule has 1 aromatic carbocycles. The Bertz CT molecular complexity index is 479. The van der Waals surface area contributed by atoms with Crippen molar-refractivity contribution in [3.8, 4) is 0 Å². The molecule has 3 nitrogen and oxygen atoms in total. The van der Waals surface area contributed by atoms with E-state index in [1.165, 1.54) is 0 Å². The Morgan fingerprint density at radius 3 is 2.75 bits per heavy atom. The lowest BCUT2D eigenvalue weighted by atomic mass is 10.3. The highest BCUT2D eigenvalue weighted by Gasteiger charge is 2.06. The summed E-state index contributed by atoms with van der Waals surface area (Å²) in [5.41, 5.74) is 2.11. The summed E-state index contributed by atoms with van der Waals surface area (Å²) in [4.78, 5) is 9.46. The van der Waals surface area contributed by atoms with E-state index in [1.807, 2.05) is 44.4 Å². The van der Waals surface area contributed by atoms with Crippen LogP contribution >= 0.6 is 11.6 Å². The summed E-state index contributed by atoms with van der Waals surface area (Å²) in [5, 5.41) is 0.765. The van der Waals surface area contributed by atoms with Crippen LogP contribution in [0.3, 0.4) is 0 Å². The molecule has 0 aliphatic rings. The van der Waals surface area contributed by atoms with Gasteiger partial charge in [0, 0.05) is 7.05 Å². The van der Waals surface area contributed by atoms with Crippen LogP contribution in [-0.2, 0) is 6.54 Å². The molecule has 0 saturated carbocycles. The number of aromatic amines is 1. The van der Waals surface area contributed by atoms with E-state index in [-0.39, 0.29) is 0 Å². The SMILES string of the molecule is Cc1ncc(CN(C)c2ccccc2Cl)[nH]1. The number of hydrogen-bond donors (Lipinski definition) is 1. The quantitative estimate of drug-likeness (QED) is 0.887. The van der Waals surface area contributed by atoms with E-state index in [2.05, 4.69) is 14.9 Å². The van der Waals surface area contributed by atoms with Crippen molar-refractivity contribution in [2.45, 2.75) is 13.5 Å². The van der Waals surface area contributed by atoms with Gasteiger partial charge in [-0.25, -0.2) is 4.98 Å². The van der Waals surface area contributed by atoms with Gasteiger partial charge in [0.2, 0.25) is 0 Å². The molecule has 0 fully saturated rings. The third-order valence-corrected chi connectivity index (χ3v) is 2.75. The average molecular weight is 236 g/mol. The number of nitrogens with zero attached hydrogens (tertiary/aromatic N) is 2. The number of benzene rings is 1. The van der Waals surface area contributed by atoms with Gasteiger partial charge in [-0.05, 0) is 19.1 Å². The Balaban J connectivity index is 2.14. The summed E-state index contributed by atoms with van der Waals surface area (Å²) >= 11 is 6.12. The molecule has 16 heavy (non-hydrogen) atoms. The molecule has 0 amide bonds. The predicted molar refractivity (Wildman–Crippen MR) is 66.9 cm³/mol. The van der Waals surface area contributed by atoms with Gasteiger partial charge in [-0.15, -0.1) is 0 Å². The van der Waals surface area contributed by atoms with Gasteiger partial charge in [0.15, 0.2) is 0 Å². The molecular formula is C12H14ClN3. The van der Waals surface area contributed by atoms with E-state index in [0.29, 0.717) is 0 Å². The lowest BCUT2D eigenvalue weighted by Gasteiger charge is -2.19. The Hall–Kier alpha value is -1.48. The molecule has 1 N–H and O–H groups in total. The number of nitrogens with one attached hydrogen (secondary N) is 1. The van der Waals surface area contributed by atoms with Gasteiger partial charge in [-0.3, -0.25) is 0 Å². The smallest absolute Gasteiger partial charge is 0.103 e. The summed E-state index contributed by atoms with van der Waals surface area (Å²) in [6.07, 6.45) is 1.85. The van der Waals surface area contributed by atoms with Gasteiger partial charge in [0.25, 0.3) is 0 Å². The molecule has 84 valence electrons. The highest BCUT2D eigenvalue weighted by atomic mass is 35.5. The Morgan fingerprint density at radius 2 is 2.12 bits per heavy atom. The zero-order valence-corrected chi connectivity index (χ0v) is 10.1. The number of H-pyrrole nitrogens is 1. The molecule has 2 aromatic rings. The maximum absolute atomic E-state index is 6.12. The van der Waals surface area contributed by atoms with Crippen LogP contribution in [0.15, 0.2) is 30.5 Å². The van der Waals surface area contributed by atoms with Crippen molar-refractivity contribution < 1.29 is 0 Å². The van der Waals surface area contributed by atoms with Crippen LogP contribution in [-0.4, -0.2) is 17.0 Å². The summed E-state index contributed by atoms with van der Waals surface area (Å²) in [6, 6.07) is 7.81. The zero-order chi connectivity index (χ0) is 11.5. The fourth-order valence-corrected chi connectivity index (χ4v) is 1.93. The van der Waals surface area contributed by atoms with Crippen molar-refractivity contribution in [3.63, 3.8) is 0 Å². The molecule has 1 aromatic heterocycles. The highest BCUT2D eigenvalue weighted by molar-refractivity contribution is 6.33. The molecule has 0 radical (unpaired) electrons. The predicted octanol–water partition coefficient (Wildman–Crippen LogP) is 3.01. The minimum atomic E-state index is 0.765. The number of halogens is 1. The Labute approximate surface area is 100 Å². The number of para-hydroxylation sites is 1. The monoisotopic (exact) mass is 235 g/mol. The Morgan fingerprint density at radius 1 is 1.38 bits per heavy atom. The van der Waals surface area contributed by atoms with Gasteiger partial charge in [-0.1, -0.05) is 23.7 Å². The van der Waals surface area contributed by atoms with Crippen LogP contribution in [0.25, 0.3) is 0 Å². The third-order valence-electron chi connectivity index (χ3n) is 2.43. The summed E-state index contributed by atoms with van der Waals surface area (Å²) in [5.74, 6) is 0.933. The van der Waals surface area contributed by atoms with Gasteiger partial charge in [0.05, 0.1) is 29.1 Å². The van der Waals surface area contributed by atoms with E-state index in [4.69, 9.17) is 11.6 Å². The second-order valence-corrected chi connectivity index (χ2v) is 4.21. The first-order valence-electron chi connectivity index (χ1n) is 5.13. The number of aryl methyl sites for hydroxylation is 1. The zero-order valence-electron chi connectivity index (χ0n) is 9.37. The molecule has 0 saturated heterocycles. The van der Waals surface area contributed by atoms with E-state index >= 15 is 0 Å². The van der Waals surface area contributed by atoms with Crippen molar-refractivity contribution in [1.82, 2.24) is 9.97 Å². The number of imidazole rings is 1. The fourth-order valence-electron chi connectivity index (χ4n) is 1.65. The van der Waals surface area contributed by atoms with Crippen LogP contribution in [0.4, 0.5) is 5.69 Å². The van der Waals surface area contributed by atoms with Crippen LogP contribution in [0.5, 0.6) is 0 Å². The van der Waals surface area contributed by atoms with Crippen molar-refractivity contribution in [2.24, 2.45) is 0 Å². The largest absolute Gasteiger partial charge is 0.368 e. The van der Waals surface area contributed by atoms with E-state index in [9.17, 15) is 0 Å². The second kappa shape index (κ2) is 4.58. The van der Waals surface area contributed by atoms with Crippen molar-refractivity contribution >= 4 is 17.3 Å². The molecule has 0 unspecified atom stereocenters. The van der Waals surface area contributed by atoms with Gasteiger partial charge in [-0.2, -0.15) is 0 Å². The minimum Gasteiger partial charge on any atom is -0.368 e. The first-order valence-corrected chi connectivity index (χ1v) is 5.51. The molecular weight excluding hydrogens is 222 g/mol. The lowest BCUT2D eigenvalue weighted by molar-refractivity contribution is 0.890. The fraction of sp³-hybridized carbons (Fsp3) is 0.250. The number of aromatic nitrogens is 2. The standard InChI is InChI=1S/C12H14ClN3/c1-9-14-7-10(15-9)8-16(2)12-6-4-3-5-11(12)13/h3-7H,8H2,1-2H3,(H,14,15). The number of hydrogen-bond acceptors (Lipinski definition) is 2. The van der Waals surface area contributed by atoms with Crippen molar-refractivity contribution in [1.29, 1.82) is 0 Å². The van der Waals surface area contributed by atoms with Crippen LogP contribution < -0.4 is 4.90 Å². The van der Waals surface area contributed by atoms with Gasteiger partial charge < -0.3 is 9.88 Å². The topological polar surface area (TPSA) is 31.9 Å². The first kappa shape index (κ1) is 11.0. The first-order chi connectivity index (χ1) is 7.66. The Kier molecular flexibility index (Phi) is 3.15. The normalized spacial score (nSPS) is 10.4. The second-order valence-electron chi connectivity index (χ2n) is 3.80. The third kappa shape index (κ3) is 2.36. The lowest BCUT2D eigenvalue weighted by Crippen LogP contribution is -2.16. The molecule has 0 aliphatic carbocycles. The van der Waals surface area contributed by atoms with Crippen LogP contribution in [0.2, 0.25) is 5.02 Å². The van der Waals surface area contributed by atoms with Crippen LogP contribution in [0.1, 0.15) is 11.5 Å².